The number of hydrogen-bond donors (Lipinski definition) is 2. The topological polar surface area (TPSA) is 120 Å². The molecule has 0 fully saturated rings. The van der Waals surface area contributed by atoms with E-state index in [0.717, 1.165) is 0 Å². The summed E-state index contributed by atoms with van der Waals surface area (Å²) >= 11 is 0. The third-order valence-corrected chi connectivity index (χ3v) is 3.80. The van der Waals surface area contributed by atoms with Gasteiger partial charge in [-0.2, -0.15) is 0 Å². The van der Waals surface area contributed by atoms with Gasteiger partial charge in [-0.3, -0.25) is 9.47 Å². The smallest absolute Gasteiger partial charge is 0.479 e. The van der Waals surface area contributed by atoms with E-state index in [4.69, 9.17) is 18.9 Å². The standard InChI is InChI=1S/C16H22NO8P/c1-15(2,3)25-14(20)17-12(13(18)19)10-6-8-11(9-7-10)24-16(22-4,23-5)26-21/h6-9,12H,1-5H3,(H,17,20)(H,18,19)/p+1. The summed E-state index contributed by atoms with van der Waals surface area (Å²) in [6, 6.07) is 4.45. The fourth-order valence-electron chi connectivity index (χ4n) is 1.87. The minimum Gasteiger partial charge on any atom is -0.479 e. The Bertz CT molecular complexity index is 637. The van der Waals surface area contributed by atoms with E-state index in [-0.39, 0.29) is 5.75 Å². The molecule has 1 aromatic carbocycles. The van der Waals surface area contributed by atoms with Gasteiger partial charge < -0.3 is 19.9 Å². The molecule has 144 valence electrons. The number of methoxy groups -OCH3 is 2. The SMILES string of the molecule is COC(OC)(Oc1ccc(C(NC(=O)OC(C)(C)C)C(=O)O)cc1)[PH+]=O. The number of carbonyl (C=O) groups is 2. The fraction of sp³-hybridized carbons (Fsp3) is 0.500. The molecule has 0 saturated heterocycles. The summed E-state index contributed by atoms with van der Waals surface area (Å²) in [6.07, 6.45) is -0.851. The Morgan fingerprint density at radius 3 is 2.04 bits per heavy atom. The average molecular weight is 388 g/mol. The number of ether oxygens (including phenoxy) is 4. The minimum atomic E-state index is -1.75. The highest BCUT2D eigenvalue weighted by molar-refractivity contribution is 7.25. The Hall–Kier alpha value is -2.22. The van der Waals surface area contributed by atoms with Crippen molar-refractivity contribution in [3.63, 3.8) is 0 Å². The number of hydrogen-bond acceptors (Lipinski definition) is 7. The van der Waals surface area contributed by atoms with Crippen LogP contribution in [0.4, 0.5) is 4.79 Å². The molecule has 0 aliphatic carbocycles. The molecule has 2 N–H and O–H groups in total. The number of carboxylic acid groups (broad SMARTS) is 1. The van der Waals surface area contributed by atoms with Gasteiger partial charge in [0.15, 0.2) is 6.04 Å². The van der Waals surface area contributed by atoms with Gasteiger partial charge >= 0.3 is 26.2 Å². The van der Waals surface area contributed by atoms with E-state index in [2.05, 4.69) is 5.32 Å². The normalized spacial score (nSPS) is 13.1. The van der Waals surface area contributed by atoms with Crippen LogP contribution in [0.15, 0.2) is 24.3 Å². The van der Waals surface area contributed by atoms with Crippen LogP contribution in [0.25, 0.3) is 0 Å². The van der Waals surface area contributed by atoms with E-state index in [1.165, 1.54) is 38.5 Å². The van der Waals surface area contributed by atoms with Gasteiger partial charge in [-0.15, -0.1) is 0 Å². The Morgan fingerprint density at radius 2 is 1.65 bits per heavy atom. The predicted molar refractivity (Wildman–Crippen MR) is 92.6 cm³/mol. The molecule has 26 heavy (non-hydrogen) atoms. The van der Waals surface area contributed by atoms with Crippen molar-refractivity contribution in [1.82, 2.24) is 5.32 Å². The number of nitrogens with one attached hydrogen (secondary N) is 1. The van der Waals surface area contributed by atoms with Gasteiger partial charge in [-0.1, -0.05) is 16.7 Å². The summed E-state index contributed by atoms with van der Waals surface area (Å²) in [6.45, 7) is 5.01. The number of rotatable bonds is 8. The van der Waals surface area contributed by atoms with E-state index in [1.807, 2.05) is 0 Å². The van der Waals surface area contributed by atoms with Crippen molar-refractivity contribution < 1.29 is 38.2 Å². The summed E-state index contributed by atoms with van der Waals surface area (Å²) in [5.41, 5.74) is -2.21. The van der Waals surface area contributed by atoms with Gasteiger partial charge in [-0.05, 0) is 38.5 Å². The molecule has 0 saturated carbocycles. The largest absolute Gasteiger partial charge is 0.539 e. The number of amides is 1. The zero-order chi connectivity index (χ0) is 20.0. The highest BCUT2D eigenvalue weighted by Gasteiger charge is 2.43. The van der Waals surface area contributed by atoms with Crippen LogP contribution in [0.2, 0.25) is 0 Å². The number of aliphatic carboxylic acids is 1. The van der Waals surface area contributed by atoms with Crippen molar-refractivity contribution in [3.8, 4) is 5.75 Å². The van der Waals surface area contributed by atoms with Crippen molar-refractivity contribution >= 4 is 20.5 Å². The molecule has 0 bridgehead atoms. The monoisotopic (exact) mass is 388 g/mol. The van der Waals surface area contributed by atoms with Crippen molar-refractivity contribution in [2.24, 2.45) is 0 Å². The molecule has 9 nitrogen and oxygen atoms in total. The molecular weight excluding hydrogens is 365 g/mol. The Labute approximate surface area is 152 Å². The van der Waals surface area contributed by atoms with Crippen molar-refractivity contribution in [2.45, 2.75) is 38.1 Å². The minimum absolute atomic E-state index is 0.238. The van der Waals surface area contributed by atoms with Crippen molar-refractivity contribution in [3.05, 3.63) is 29.8 Å². The fourth-order valence-corrected chi connectivity index (χ4v) is 2.19. The van der Waals surface area contributed by atoms with Gasteiger partial charge in [0.1, 0.15) is 11.4 Å². The lowest BCUT2D eigenvalue weighted by atomic mass is 10.1. The Kier molecular flexibility index (Phi) is 7.50. The number of carbonyl (C=O) groups excluding carboxylic acids is 1. The molecule has 0 radical (unpaired) electrons. The van der Waals surface area contributed by atoms with E-state index in [0.29, 0.717) is 5.56 Å². The quantitative estimate of drug-likeness (QED) is 0.515. The lowest BCUT2D eigenvalue weighted by Crippen LogP contribution is -2.38. The molecule has 2 unspecified atom stereocenters. The second kappa shape index (κ2) is 8.93. The summed E-state index contributed by atoms with van der Waals surface area (Å²) in [5.74, 6) is -1.02. The summed E-state index contributed by atoms with van der Waals surface area (Å²) in [5, 5.41) is 11.7. The maximum atomic E-state index is 11.8. The third-order valence-electron chi connectivity index (χ3n) is 3.04. The van der Waals surface area contributed by atoms with Gasteiger partial charge in [0.2, 0.25) is 0 Å². The zero-order valence-electron chi connectivity index (χ0n) is 15.2. The van der Waals surface area contributed by atoms with Crippen LogP contribution >= 0.6 is 8.46 Å². The van der Waals surface area contributed by atoms with Gasteiger partial charge in [0.25, 0.3) is 0 Å². The number of carboxylic acids is 1. The van der Waals surface area contributed by atoms with E-state index in [1.54, 1.807) is 20.8 Å². The molecule has 0 aliphatic rings. The molecule has 1 aromatic rings. The predicted octanol–water partition coefficient (Wildman–Crippen LogP) is 2.64. The van der Waals surface area contributed by atoms with E-state index < -0.39 is 37.9 Å². The summed E-state index contributed by atoms with van der Waals surface area (Å²) in [4.78, 5) is 23.3. The van der Waals surface area contributed by atoms with Crippen LogP contribution in [-0.2, 0) is 23.6 Å². The zero-order valence-corrected chi connectivity index (χ0v) is 16.2. The van der Waals surface area contributed by atoms with Crippen LogP contribution in [0.3, 0.4) is 0 Å². The first-order chi connectivity index (χ1) is 12.1. The first-order valence-electron chi connectivity index (χ1n) is 7.56. The molecule has 0 heterocycles. The molecule has 1 amide bonds. The van der Waals surface area contributed by atoms with Gasteiger partial charge in [0, 0.05) is 14.2 Å². The maximum Gasteiger partial charge on any atom is 0.539 e. The molecular formula is C16H23NO8P+. The number of benzene rings is 1. The van der Waals surface area contributed by atoms with Crippen molar-refractivity contribution in [2.75, 3.05) is 14.2 Å². The van der Waals surface area contributed by atoms with Gasteiger partial charge in [-0.25, -0.2) is 9.59 Å². The van der Waals surface area contributed by atoms with Crippen LogP contribution in [-0.4, -0.2) is 42.7 Å². The van der Waals surface area contributed by atoms with Crippen LogP contribution < -0.4 is 10.1 Å². The summed E-state index contributed by atoms with van der Waals surface area (Å²) < 4.78 is 31.6. The number of alkyl carbamates (subject to hydrolysis) is 1. The highest BCUT2D eigenvalue weighted by atomic mass is 31.1. The Balaban J connectivity index is 2.93. The molecule has 0 spiro atoms. The first kappa shape index (κ1) is 21.8. The molecule has 0 aromatic heterocycles. The molecule has 1 rings (SSSR count). The van der Waals surface area contributed by atoms with E-state index >= 15 is 0 Å². The lowest BCUT2D eigenvalue weighted by molar-refractivity contribution is -0.255. The maximum absolute atomic E-state index is 11.8. The lowest BCUT2D eigenvalue weighted by Gasteiger charge is -2.22. The third kappa shape index (κ3) is 6.25. The molecule has 10 heteroatoms. The molecule has 0 aliphatic heterocycles. The van der Waals surface area contributed by atoms with Crippen LogP contribution in [0.1, 0.15) is 32.4 Å². The van der Waals surface area contributed by atoms with Gasteiger partial charge in [0.05, 0.1) is 0 Å². The first-order valence-corrected chi connectivity index (χ1v) is 8.47. The second-order valence-electron chi connectivity index (χ2n) is 6.16. The Morgan fingerprint density at radius 1 is 1.12 bits per heavy atom. The average Bonchev–Trinajstić information content (AvgIpc) is 2.57. The van der Waals surface area contributed by atoms with Crippen LogP contribution in [0, 0.1) is 0 Å². The van der Waals surface area contributed by atoms with Crippen LogP contribution in [0.5, 0.6) is 5.75 Å². The highest BCUT2D eigenvalue weighted by Crippen LogP contribution is 2.30. The molecule has 2 atom stereocenters. The van der Waals surface area contributed by atoms with E-state index in [9.17, 15) is 19.3 Å². The van der Waals surface area contributed by atoms with Crippen molar-refractivity contribution in [1.29, 1.82) is 0 Å². The second-order valence-corrected chi connectivity index (χ2v) is 6.97. The summed E-state index contributed by atoms with van der Waals surface area (Å²) in [7, 11) is 1.48.